The first-order valence-electron chi connectivity index (χ1n) is 11.1. The maximum absolute atomic E-state index is 15.6. The lowest BCUT2D eigenvalue weighted by Gasteiger charge is -2.15. The topological polar surface area (TPSA) is 91.5 Å². The molecule has 2 N–H and O–H groups in total. The van der Waals surface area contributed by atoms with Gasteiger partial charge < -0.3 is 4.98 Å². The molecular formula is C26H21F3N4O2S. The molecule has 0 atom stereocenters. The number of nitrogens with zero attached hydrogens (tertiary/aromatic N) is 2. The third-order valence-corrected chi connectivity index (χ3v) is 7.80. The summed E-state index contributed by atoms with van der Waals surface area (Å²) in [6, 6.07) is 11.2. The fourth-order valence-corrected chi connectivity index (χ4v) is 6.04. The molecule has 0 saturated carbocycles. The van der Waals surface area contributed by atoms with E-state index in [0.717, 1.165) is 12.1 Å². The summed E-state index contributed by atoms with van der Waals surface area (Å²) in [5.74, 6) is -3.45. The molecule has 3 aromatic carbocycles. The molecule has 0 fully saturated rings. The monoisotopic (exact) mass is 510 g/mol. The number of aromatic amines is 2. The predicted molar refractivity (Wildman–Crippen MR) is 130 cm³/mol. The van der Waals surface area contributed by atoms with Gasteiger partial charge in [0.2, 0.25) is 0 Å². The molecule has 6 nitrogen and oxygen atoms in total. The third-order valence-electron chi connectivity index (χ3n) is 6.06. The zero-order valence-electron chi connectivity index (χ0n) is 19.3. The number of imidazole rings is 1. The van der Waals surface area contributed by atoms with Gasteiger partial charge in [0, 0.05) is 28.9 Å². The molecule has 10 heteroatoms. The Morgan fingerprint density at radius 1 is 0.972 bits per heavy atom. The van der Waals surface area contributed by atoms with Crippen molar-refractivity contribution in [2.75, 3.05) is 0 Å². The van der Waals surface area contributed by atoms with Crippen LogP contribution in [0.5, 0.6) is 0 Å². The van der Waals surface area contributed by atoms with E-state index >= 15 is 8.78 Å². The Hall–Kier alpha value is -3.92. The van der Waals surface area contributed by atoms with Gasteiger partial charge in [0.25, 0.3) is 0 Å². The molecule has 0 aliphatic carbocycles. The summed E-state index contributed by atoms with van der Waals surface area (Å²) < 4.78 is 72.4. The molecular weight excluding hydrogens is 489 g/mol. The summed E-state index contributed by atoms with van der Waals surface area (Å²) in [5.41, 5.74) is -0.379. The van der Waals surface area contributed by atoms with Gasteiger partial charge >= 0.3 is 0 Å². The van der Waals surface area contributed by atoms with Gasteiger partial charge in [-0.1, -0.05) is 44.2 Å². The zero-order valence-corrected chi connectivity index (χ0v) is 20.1. The first kappa shape index (κ1) is 23.8. The van der Waals surface area contributed by atoms with Crippen molar-refractivity contribution in [3.05, 3.63) is 89.5 Å². The van der Waals surface area contributed by atoms with Gasteiger partial charge in [-0.3, -0.25) is 5.10 Å². The van der Waals surface area contributed by atoms with Crippen LogP contribution in [0.3, 0.4) is 0 Å². The molecule has 0 bridgehead atoms. The Kier molecular flexibility index (Phi) is 5.91. The van der Waals surface area contributed by atoms with Gasteiger partial charge in [-0.05, 0) is 29.7 Å². The molecule has 184 valence electrons. The highest BCUT2D eigenvalue weighted by Crippen LogP contribution is 2.36. The number of rotatable bonds is 6. The molecule has 36 heavy (non-hydrogen) atoms. The van der Waals surface area contributed by atoms with Crippen molar-refractivity contribution in [1.82, 2.24) is 20.2 Å². The highest BCUT2D eigenvalue weighted by atomic mass is 32.2. The quantitative estimate of drug-likeness (QED) is 0.287. The molecule has 0 unspecified atom stereocenters. The second kappa shape index (κ2) is 8.94. The minimum Gasteiger partial charge on any atom is -0.343 e. The van der Waals surface area contributed by atoms with E-state index in [9.17, 15) is 12.8 Å². The summed E-state index contributed by atoms with van der Waals surface area (Å²) in [4.78, 5) is 7.08. The second-order valence-electron chi connectivity index (χ2n) is 8.71. The lowest BCUT2D eigenvalue weighted by Crippen LogP contribution is -2.11. The lowest BCUT2D eigenvalue weighted by atomic mass is 9.99. The lowest BCUT2D eigenvalue weighted by molar-refractivity contribution is 0.570. The van der Waals surface area contributed by atoms with E-state index in [1.807, 2.05) is 13.8 Å². The second-order valence-corrected chi connectivity index (χ2v) is 10.7. The van der Waals surface area contributed by atoms with Crippen LogP contribution < -0.4 is 0 Å². The van der Waals surface area contributed by atoms with Gasteiger partial charge in [-0.25, -0.2) is 26.6 Å². The molecule has 5 aromatic rings. The van der Waals surface area contributed by atoms with Gasteiger partial charge in [0.15, 0.2) is 21.5 Å². The minimum absolute atomic E-state index is 0.0784. The van der Waals surface area contributed by atoms with Crippen LogP contribution in [0.15, 0.2) is 65.8 Å². The van der Waals surface area contributed by atoms with Crippen LogP contribution >= 0.6 is 0 Å². The average molecular weight is 511 g/mol. The Labute approximate surface area is 205 Å². The molecule has 0 saturated heterocycles. The van der Waals surface area contributed by atoms with Crippen LogP contribution in [0.4, 0.5) is 13.2 Å². The number of aromatic nitrogens is 4. The Morgan fingerprint density at radius 2 is 1.75 bits per heavy atom. The number of H-pyrrole nitrogens is 2. The molecule has 2 aromatic heterocycles. The Balaban J connectivity index is 1.60. The van der Waals surface area contributed by atoms with Crippen molar-refractivity contribution >= 4 is 20.7 Å². The van der Waals surface area contributed by atoms with Crippen molar-refractivity contribution < 1.29 is 21.6 Å². The first-order valence-corrected chi connectivity index (χ1v) is 12.8. The summed E-state index contributed by atoms with van der Waals surface area (Å²) in [5, 5.41) is 7.03. The summed E-state index contributed by atoms with van der Waals surface area (Å²) in [6.45, 7) is 3.71. The predicted octanol–water partition coefficient (Wildman–Crippen LogP) is 6.13. The molecule has 0 spiro atoms. The van der Waals surface area contributed by atoms with Crippen LogP contribution in [0, 0.1) is 17.5 Å². The van der Waals surface area contributed by atoms with Gasteiger partial charge in [0.1, 0.15) is 22.8 Å². The zero-order chi connectivity index (χ0) is 25.6. The van der Waals surface area contributed by atoms with Crippen LogP contribution in [0.25, 0.3) is 33.5 Å². The van der Waals surface area contributed by atoms with E-state index in [2.05, 4.69) is 20.2 Å². The highest BCUT2D eigenvalue weighted by molar-refractivity contribution is 7.90. The van der Waals surface area contributed by atoms with Crippen LogP contribution in [-0.2, 0) is 15.6 Å². The van der Waals surface area contributed by atoms with Crippen molar-refractivity contribution in [2.45, 2.75) is 30.4 Å². The van der Waals surface area contributed by atoms with Gasteiger partial charge in [-0.2, -0.15) is 5.10 Å². The Bertz CT molecular complexity index is 1690. The number of halogens is 3. The number of benzene rings is 3. The molecule has 0 radical (unpaired) electrons. The standard InChI is InChI=1S/C26H21F3N4O2S/c1-14(2)16-5-3-4-6-20(16)36(34,35)13-15-7-10-19(27)21(22(15)28)17-8-9-18-24(23(17)29)32-33-25(18)26-30-11-12-31-26/h3-12,14H,13H2,1-2H3,(H,30,31)(H,32,33). The van der Waals surface area contributed by atoms with E-state index in [4.69, 9.17) is 0 Å². The van der Waals surface area contributed by atoms with Crippen LogP contribution in [0.1, 0.15) is 30.9 Å². The number of sulfone groups is 1. The number of hydrogen-bond acceptors (Lipinski definition) is 4. The van der Waals surface area contributed by atoms with E-state index in [1.54, 1.807) is 24.4 Å². The van der Waals surface area contributed by atoms with Crippen LogP contribution in [-0.4, -0.2) is 28.6 Å². The number of nitrogens with one attached hydrogen (secondary N) is 2. The van der Waals surface area contributed by atoms with Gasteiger partial charge in [0.05, 0.1) is 16.2 Å². The van der Waals surface area contributed by atoms with Crippen LogP contribution in [0.2, 0.25) is 0 Å². The smallest absolute Gasteiger partial charge is 0.182 e. The number of hydrogen-bond donors (Lipinski definition) is 2. The molecule has 0 aliphatic heterocycles. The SMILES string of the molecule is CC(C)c1ccccc1S(=O)(=O)Cc1ccc(F)c(-c2ccc3c(-c4ncc[nH]4)[nH]nc3c2F)c1F. The minimum atomic E-state index is -3.97. The molecule has 0 amide bonds. The molecule has 5 rings (SSSR count). The van der Waals surface area contributed by atoms with E-state index in [-0.39, 0.29) is 27.5 Å². The van der Waals surface area contributed by atoms with E-state index < -0.39 is 38.6 Å². The van der Waals surface area contributed by atoms with Gasteiger partial charge in [-0.15, -0.1) is 0 Å². The fourth-order valence-electron chi connectivity index (χ4n) is 4.30. The van der Waals surface area contributed by atoms with Crippen molar-refractivity contribution in [3.8, 4) is 22.6 Å². The summed E-state index contributed by atoms with van der Waals surface area (Å²) >= 11 is 0. The van der Waals surface area contributed by atoms with E-state index in [0.29, 0.717) is 22.5 Å². The maximum Gasteiger partial charge on any atom is 0.182 e. The molecule has 2 heterocycles. The van der Waals surface area contributed by atoms with Crippen molar-refractivity contribution in [2.24, 2.45) is 0 Å². The van der Waals surface area contributed by atoms with E-state index in [1.165, 1.54) is 24.4 Å². The maximum atomic E-state index is 15.6. The normalized spacial score (nSPS) is 12.1. The highest BCUT2D eigenvalue weighted by Gasteiger charge is 2.26. The Morgan fingerprint density at radius 3 is 2.47 bits per heavy atom. The molecule has 0 aliphatic rings. The fraction of sp³-hybridized carbons (Fsp3) is 0.154. The van der Waals surface area contributed by atoms with Crippen molar-refractivity contribution in [3.63, 3.8) is 0 Å². The summed E-state index contributed by atoms with van der Waals surface area (Å²) in [7, 11) is -3.97. The first-order chi connectivity index (χ1) is 17.2. The number of fused-ring (bicyclic) bond motifs is 1. The van der Waals surface area contributed by atoms with Crippen molar-refractivity contribution in [1.29, 1.82) is 0 Å². The summed E-state index contributed by atoms with van der Waals surface area (Å²) in [6.07, 6.45) is 3.12. The largest absolute Gasteiger partial charge is 0.343 e. The third kappa shape index (κ3) is 3.97. The average Bonchev–Trinajstić information content (AvgIpc) is 3.52.